The molecule has 2 rings (SSSR count). The Balaban J connectivity index is 1.60. The molecule has 1 aliphatic rings. The predicted octanol–water partition coefficient (Wildman–Crippen LogP) is 2.45. The van der Waals surface area contributed by atoms with Crippen LogP contribution in [0.15, 0.2) is 21.7 Å². The fourth-order valence-electron chi connectivity index (χ4n) is 3.01. The van der Waals surface area contributed by atoms with Gasteiger partial charge in [0.2, 0.25) is 0 Å². The van der Waals surface area contributed by atoms with Crippen molar-refractivity contribution in [3.8, 4) is 0 Å². The van der Waals surface area contributed by atoms with Gasteiger partial charge in [-0.15, -0.1) is 0 Å². The van der Waals surface area contributed by atoms with Crippen LogP contribution >= 0.6 is 0 Å². The number of nitrogens with one attached hydrogen (secondary N) is 3. The number of furan rings is 1. The van der Waals surface area contributed by atoms with Gasteiger partial charge in [0.15, 0.2) is 11.7 Å². The van der Waals surface area contributed by atoms with E-state index in [2.05, 4.69) is 27.9 Å². The topological polar surface area (TPSA) is 78.7 Å². The number of carbonyl (C=O) groups is 1. The fourth-order valence-corrected chi connectivity index (χ4v) is 3.01. The van der Waals surface area contributed by atoms with Crippen molar-refractivity contribution in [2.45, 2.75) is 46.0 Å². The molecule has 0 spiro atoms. The molecule has 3 N–H and O–H groups in total. The standard InChI is InChI=1S/C18H30N4O2/c1-4-18(8-5-9-18)13-22-17(19-3)21-11-6-10-20-16(23)15-14(2)7-12-24-15/h7,12H,4-6,8-11,13H2,1-3H3,(H,20,23)(H2,19,21,22). The number of hydrogen-bond acceptors (Lipinski definition) is 3. The molecular weight excluding hydrogens is 304 g/mol. The van der Waals surface area contributed by atoms with Gasteiger partial charge in [0.25, 0.3) is 5.91 Å². The summed E-state index contributed by atoms with van der Waals surface area (Å²) in [4.78, 5) is 16.2. The average Bonchev–Trinajstić information content (AvgIpc) is 2.97. The van der Waals surface area contributed by atoms with E-state index in [1.165, 1.54) is 31.9 Å². The maximum Gasteiger partial charge on any atom is 0.287 e. The zero-order chi connectivity index (χ0) is 17.4. The molecule has 24 heavy (non-hydrogen) atoms. The van der Waals surface area contributed by atoms with Crippen LogP contribution in [0, 0.1) is 12.3 Å². The molecule has 0 aliphatic heterocycles. The van der Waals surface area contributed by atoms with Gasteiger partial charge in [-0.05, 0) is 44.1 Å². The van der Waals surface area contributed by atoms with Crippen molar-refractivity contribution < 1.29 is 9.21 Å². The number of rotatable bonds is 8. The second-order valence-corrected chi connectivity index (χ2v) is 6.60. The van der Waals surface area contributed by atoms with E-state index in [-0.39, 0.29) is 5.91 Å². The average molecular weight is 334 g/mol. The van der Waals surface area contributed by atoms with Gasteiger partial charge in [-0.25, -0.2) is 0 Å². The summed E-state index contributed by atoms with van der Waals surface area (Å²) in [6, 6.07) is 1.79. The quantitative estimate of drug-likeness (QED) is 0.388. The van der Waals surface area contributed by atoms with Crippen LogP contribution in [0.2, 0.25) is 0 Å². The van der Waals surface area contributed by atoms with Crippen molar-refractivity contribution >= 4 is 11.9 Å². The molecule has 6 nitrogen and oxygen atoms in total. The lowest BCUT2D eigenvalue weighted by Gasteiger charge is -2.41. The highest BCUT2D eigenvalue weighted by atomic mass is 16.3. The summed E-state index contributed by atoms with van der Waals surface area (Å²) in [6.07, 6.45) is 7.54. The summed E-state index contributed by atoms with van der Waals surface area (Å²) in [7, 11) is 1.79. The van der Waals surface area contributed by atoms with Crippen LogP contribution in [-0.2, 0) is 0 Å². The Hall–Kier alpha value is -1.98. The van der Waals surface area contributed by atoms with Crippen molar-refractivity contribution in [3.63, 3.8) is 0 Å². The molecule has 0 aromatic carbocycles. The summed E-state index contributed by atoms with van der Waals surface area (Å²) in [6.45, 7) is 6.47. The van der Waals surface area contributed by atoms with Crippen LogP contribution in [-0.4, -0.2) is 38.5 Å². The van der Waals surface area contributed by atoms with Gasteiger partial charge >= 0.3 is 0 Å². The molecular formula is C18H30N4O2. The number of carbonyl (C=O) groups excluding carboxylic acids is 1. The Morgan fingerprint density at radius 3 is 2.58 bits per heavy atom. The molecule has 1 aromatic rings. The number of aryl methyl sites for hydroxylation is 1. The number of guanidine groups is 1. The predicted molar refractivity (Wildman–Crippen MR) is 96.3 cm³/mol. The van der Waals surface area contributed by atoms with Crippen molar-refractivity contribution in [1.82, 2.24) is 16.0 Å². The van der Waals surface area contributed by atoms with Crippen LogP contribution in [0.1, 0.15) is 55.1 Å². The van der Waals surface area contributed by atoms with Crippen LogP contribution in [0.4, 0.5) is 0 Å². The molecule has 0 radical (unpaired) electrons. The molecule has 1 amide bonds. The van der Waals surface area contributed by atoms with Gasteiger partial charge < -0.3 is 20.4 Å². The summed E-state index contributed by atoms with van der Waals surface area (Å²) in [5.41, 5.74) is 1.32. The third kappa shape index (κ3) is 4.76. The van der Waals surface area contributed by atoms with Gasteiger partial charge in [0, 0.05) is 32.2 Å². The first kappa shape index (κ1) is 18.4. The third-order valence-electron chi connectivity index (χ3n) is 5.02. The zero-order valence-corrected chi connectivity index (χ0v) is 15.1. The summed E-state index contributed by atoms with van der Waals surface area (Å²) in [5, 5.41) is 9.60. The molecule has 1 aliphatic carbocycles. The van der Waals surface area contributed by atoms with Crippen molar-refractivity contribution in [2.75, 3.05) is 26.7 Å². The van der Waals surface area contributed by atoms with Gasteiger partial charge in [0.05, 0.1) is 6.26 Å². The lowest BCUT2D eigenvalue weighted by molar-refractivity contribution is 0.0925. The molecule has 1 heterocycles. The molecule has 6 heteroatoms. The lowest BCUT2D eigenvalue weighted by atomic mass is 9.67. The van der Waals surface area contributed by atoms with Crippen LogP contribution < -0.4 is 16.0 Å². The fraction of sp³-hybridized carbons (Fsp3) is 0.667. The van der Waals surface area contributed by atoms with Gasteiger partial charge in [-0.3, -0.25) is 9.79 Å². The normalized spacial score (nSPS) is 16.4. The van der Waals surface area contributed by atoms with E-state index in [4.69, 9.17) is 4.42 Å². The van der Waals surface area contributed by atoms with Crippen LogP contribution in [0.3, 0.4) is 0 Å². The van der Waals surface area contributed by atoms with Crippen LogP contribution in [0.5, 0.6) is 0 Å². The Kier molecular flexibility index (Phi) is 6.70. The summed E-state index contributed by atoms with van der Waals surface area (Å²) >= 11 is 0. The SMILES string of the molecule is CCC1(CNC(=NC)NCCCNC(=O)c2occc2C)CCC1. The number of amides is 1. The molecule has 1 fully saturated rings. The van der Waals surface area contributed by atoms with E-state index < -0.39 is 0 Å². The smallest absolute Gasteiger partial charge is 0.287 e. The molecule has 134 valence electrons. The molecule has 0 atom stereocenters. The molecule has 0 saturated heterocycles. The zero-order valence-electron chi connectivity index (χ0n) is 15.1. The van der Waals surface area contributed by atoms with Crippen molar-refractivity contribution in [3.05, 3.63) is 23.7 Å². The van der Waals surface area contributed by atoms with E-state index in [1.807, 2.05) is 6.92 Å². The monoisotopic (exact) mass is 334 g/mol. The van der Waals surface area contributed by atoms with Crippen LogP contribution in [0.25, 0.3) is 0 Å². The van der Waals surface area contributed by atoms with Crippen molar-refractivity contribution in [1.29, 1.82) is 0 Å². The molecule has 0 unspecified atom stereocenters. The highest BCUT2D eigenvalue weighted by molar-refractivity contribution is 5.92. The first-order chi connectivity index (χ1) is 11.6. The number of aliphatic imine (C=N–C) groups is 1. The Labute approximate surface area is 144 Å². The Morgan fingerprint density at radius 1 is 1.29 bits per heavy atom. The Morgan fingerprint density at radius 2 is 2.04 bits per heavy atom. The van der Waals surface area contributed by atoms with Gasteiger partial charge in [0.1, 0.15) is 0 Å². The molecule has 0 bridgehead atoms. The maximum atomic E-state index is 11.9. The van der Waals surface area contributed by atoms with Crippen molar-refractivity contribution in [2.24, 2.45) is 10.4 Å². The lowest BCUT2D eigenvalue weighted by Crippen LogP contribution is -2.46. The van der Waals surface area contributed by atoms with E-state index in [0.717, 1.165) is 31.0 Å². The third-order valence-corrected chi connectivity index (χ3v) is 5.02. The highest BCUT2D eigenvalue weighted by Gasteiger charge is 2.34. The van der Waals surface area contributed by atoms with Gasteiger partial charge in [-0.1, -0.05) is 13.3 Å². The van der Waals surface area contributed by atoms with E-state index >= 15 is 0 Å². The summed E-state index contributed by atoms with van der Waals surface area (Å²) < 4.78 is 5.17. The number of hydrogen-bond donors (Lipinski definition) is 3. The van der Waals surface area contributed by atoms with Gasteiger partial charge in [-0.2, -0.15) is 0 Å². The van der Waals surface area contributed by atoms with E-state index in [1.54, 1.807) is 13.1 Å². The maximum absolute atomic E-state index is 11.9. The molecule has 1 saturated carbocycles. The number of nitrogens with zero attached hydrogens (tertiary/aromatic N) is 1. The minimum absolute atomic E-state index is 0.158. The second kappa shape index (κ2) is 8.76. The minimum Gasteiger partial charge on any atom is -0.459 e. The second-order valence-electron chi connectivity index (χ2n) is 6.60. The molecule has 1 aromatic heterocycles. The Bertz CT molecular complexity index is 556. The van der Waals surface area contributed by atoms with E-state index in [9.17, 15) is 4.79 Å². The summed E-state index contributed by atoms with van der Waals surface area (Å²) in [5.74, 6) is 1.07. The van der Waals surface area contributed by atoms with E-state index in [0.29, 0.717) is 17.7 Å². The largest absolute Gasteiger partial charge is 0.459 e. The minimum atomic E-state index is -0.158. The highest BCUT2D eigenvalue weighted by Crippen LogP contribution is 2.42. The first-order valence-electron chi connectivity index (χ1n) is 8.87. The first-order valence-corrected chi connectivity index (χ1v) is 8.87.